The van der Waals surface area contributed by atoms with Gasteiger partial charge < -0.3 is 25.4 Å². The van der Waals surface area contributed by atoms with Crippen LogP contribution in [0.3, 0.4) is 0 Å². The molecule has 1 atom stereocenters. The molecule has 0 aliphatic carbocycles. The highest BCUT2D eigenvalue weighted by atomic mass is 16.5. The normalized spacial score (nSPS) is 12.1. The maximum absolute atomic E-state index is 11.8. The van der Waals surface area contributed by atoms with Crippen LogP contribution in [-0.4, -0.2) is 34.9 Å². The molecule has 4 N–H and O–H groups in total. The fourth-order valence-corrected chi connectivity index (χ4v) is 2.04. The monoisotopic (exact) mass is 329 g/mol. The summed E-state index contributed by atoms with van der Waals surface area (Å²) in [7, 11) is 1.44. The molecule has 0 aromatic heterocycles. The molecule has 1 amide bonds. The number of nitrogens with one attached hydrogen (secondary N) is 1. The summed E-state index contributed by atoms with van der Waals surface area (Å²) in [4.78, 5) is 11.8. The molecule has 6 nitrogen and oxygen atoms in total. The molecule has 1 unspecified atom stereocenters. The number of ether oxygens (including phenoxy) is 1. The van der Waals surface area contributed by atoms with Crippen LogP contribution in [0.2, 0.25) is 0 Å². The summed E-state index contributed by atoms with van der Waals surface area (Å²) < 4.78 is 4.99. The fourth-order valence-electron chi connectivity index (χ4n) is 2.04. The van der Waals surface area contributed by atoms with E-state index < -0.39 is 6.10 Å². The van der Waals surface area contributed by atoms with E-state index >= 15 is 0 Å². The Morgan fingerprint density at radius 2 is 1.92 bits per heavy atom. The molecule has 2 rings (SSSR count). The van der Waals surface area contributed by atoms with Gasteiger partial charge in [-0.2, -0.15) is 0 Å². The van der Waals surface area contributed by atoms with Gasteiger partial charge in [0.2, 0.25) is 5.91 Å². The van der Waals surface area contributed by atoms with E-state index in [4.69, 9.17) is 4.74 Å². The van der Waals surface area contributed by atoms with Gasteiger partial charge >= 0.3 is 0 Å². The lowest BCUT2D eigenvalue weighted by atomic mass is 10.1. The van der Waals surface area contributed by atoms with Crippen LogP contribution >= 0.6 is 0 Å². The number of hydrogen-bond acceptors (Lipinski definition) is 5. The number of methoxy groups -OCH3 is 1. The van der Waals surface area contributed by atoms with Crippen LogP contribution < -0.4 is 10.1 Å². The Morgan fingerprint density at radius 1 is 1.21 bits per heavy atom. The average Bonchev–Trinajstić information content (AvgIpc) is 2.59. The smallest absolute Gasteiger partial charge is 0.244 e. The number of rotatable bonds is 6. The van der Waals surface area contributed by atoms with E-state index in [-0.39, 0.29) is 24.0 Å². The van der Waals surface area contributed by atoms with Crippen molar-refractivity contribution < 1.29 is 24.9 Å². The summed E-state index contributed by atoms with van der Waals surface area (Å²) in [5.74, 6) is 0.0959. The number of amides is 1. The van der Waals surface area contributed by atoms with E-state index in [9.17, 15) is 20.1 Å². The molecule has 0 bridgehead atoms. The SMILES string of the molecule is COc1cc(C=CC(=O)NCC(O)c2ccc(O)cc2)ccc1O. The first-order chi connectivity index (χ1) is 11.5. The Balaban J connectivity index is 1.89. The zero-order valence-electron chi connectivity index (χ0n) is 13.1. The van der Waals surface area contributed by atoms with Gasteiger partial charge in [0.25, 0.3) is 0 Å². The number of aliphatic hydroxyl groups excluding tert-OH is 1. The summed E-state index contributed by atoms with van der Waals surface area (Å²) in [6.45, 7) is 0.0485. The average molecular weight is 329 g/mol. The molecule has 126 valence electrons. The van der Waals surface area contributed by atoms with E-state index in [1.165, 1.54) is 31.4 Å². The maximum Gasteiger partial charge on any atom is 0.244 e. The third kappa shape index (κ3) is 4.76. The molecule has 0 heterocycles. The minimum Gasteiger partial charge on any atom is -0.508 e. The predicted octanol–water partition coefficient (Wildman–Crippen LogP) is 1.97. The summed E-state index contributed by atoms with van der Waals surface area (Å²) in [5, 5.41) is 31.3. The standard InChI is InChI=1S/C18H19NO5/c1-24-17-10-12(2-8-15(17)21)3-9-18(23)19-11-16(22)13-4-6-14(20)7-5-13/h2-10,16,20-22H,11H2,1H3,(H,19,23). The van der Waals surface area contributed by atoms with Crippen LogP contribution in [0.1, 0.15) is 17.2 Å². The minimum atomic E-state index is -0.864. The van der Waals surface area contributed by atoms with Gasteiger partial charge in [-0.05, 0) is 41.5 Å². The number of carbonyl (C=O) groups is 1. The van der Waals surface area contributed by atoms with E-state index in [1.807, 2.05) is 0 Å². The van der Waals surface area contributed by atoms with Gasteiger partial charge in [0.15, 0.2) is 11.5 Å². The van der Waals surface area contributed by atoms with Crippen molar-refractivity contribution in [2.24, 2.45) is 0 Å². The van der Waals surface area contributed by atoms with Crippen molar-refractivity contribution >= 4 is 12.0 Å². The van der Waals surface area contributed by atoms with Crippen LogP contribution in [0.5, 0.6) is 17.2 Å². The minimum absolute atomic E-state index is 0.0242. The highest BCUT2D eigenvalue weighted by molar-refractivity contribution is 5.91. The van der Waals surface area contributed by atoms with Gasteiger partial charge in [0.05, 0.1) is 13.2 Å². The summed E-state index contributed by atoms with van der Waals surface area (Å²) >= 11 is 0. The third-order valence-electron chi connectivity index (χ3n) is 3.38. The predicted molar refractivity (Wildman–Crippen MR) is 89.8 cm³/mol. The van der Waals surface area contributed by atoms with Crippen molar-refractivity contribution in [1.82, 2.24) is 5.32 Å². The Hall–Kier alpha value is -2.99. The molecule has 0 aliphatic heterocycles. The first-order valence-electron chi connectivity index (χ1n) is 7.29. The molecular formula is C18H19NO5. The first kappa shape index (κ1) is 17.4. The van der Waals surface area contributed by atoms with Crippen molar-refractivity contribution in [3.8, 4) is 17.2 Å². The van der Waals surface area contributed by atoms with Crippen LogP contribution in [-0.2, 0) is 4.79 Å². The second-order valence-corrected chi connectivity index (χ2v) is 5.12. The van der Waals surface area contributed by atoms with Crippen molar-refractivity contribution in [3.05, 3.63) is 59.7 Å². The number of aliphatic hydroxyl groups is 1. The molecule has 0 spiro atoms. The van der Waals surface area contributed by atoms with Gasteiger partial charge in [0, 0.05) is 12.6 Å². The molecule has 0 radical (unpaired) electrons. The van der Waals surface area contributed by atoms with E-state index in [0.717, 1.165) is 0 Å². The van der Waals surface area contributed by atoms with Gasteiger partial charge in [-0.15, -0.1) is 0 Å². The highest BCUT2D eigenvalue weighted by Gasteiger charge is 2.08. The Bertz CT molecular complexity index is 725. The molecule has 2 aromatic rings. The number of aromatic hydroxyl groups is 2. The highest BCUT2D eigenvalue weighted by Crippen LogP contribution is 2.26. The van der Waals surface area contributed by atoms with E-state index in [0.29, 0.717) is 16.9 Å². The van der Waals surface area contributed by atoms with Crippen molar-refractivity contribution in [3.63, 3.8) is 0 Å². The van der Waals surface area contributed by atoms with Crippen molar-refractivity contribution in [1.29, 1.82) is 0 Å². The lowest BCUT2D eigenvalue weighted by Gasteiger charge is -2.11. The lowest BCUT2D eigenvalue weighted by molar-refractivity contribution is -0.116. The Kier molecular flexibility index (Phi) is 5.81. The van der Waals surface area contributed by atoms with Gasteiger partial charge in [-0.25, -0.2) is 0 Å². The van der Waals surface area contributed by atoms with Crippen LogP contribution in [0.4, 0.5) is 0 Å². The number of carbonyl (C=O) groups excluding carboxylic acids is 1. The topological polar surface area (TPSA) is 99.0 Å². The van der Waals surface area contributed by atoms with E-state index in [1.54, 1.807) is 30.3 Å². The van der Waals surface area contributed by atoms with E-state index in [2.05, 4.69) is 5.32 Å². The lowest BCUT2D eigenvalue weighted by Crippen LogP contribution is -2.26. The number of phenols is 2. The van der Waals surface area contributed by atoms with Gasteiger partial charge in [-0.3, -0.25) is 4.79 Å². The van der Waals surface area contributed by atoms with Crippen molar-refractivity contribution in [2.75, 3.05) is 13.7 Å². The van der Waals surface area contributed by atoms with Gasteiger partial charge in [-0.1, -0.05) is 18.2 Å². The molecule has 24 heavy (non-hydrogen) atoms. The third-order valence-corrected chi connectivity index (χ3v) is 3.38. The molecule has 0 fully saturated rings. The summed E-state index contributed by atoms with van der Waals surface area (Å²) in [6, 6.07) is 10.8. The summed E-state index contributed by atoms with van der Waals surface area (Å²) in [6.07, 6.45) is 2.04. The second-order valence-electron chi connectivity index (χ2n) is 5.12. The Labute approximate surface area is 139 Å². The van der Waals surface area contributed by atoms with Crippen LogP contribution in [0, 0.1) is 0 Å². The van der Waals surface area contributed by atoms with Crippen molar-refractivity contribution in [2.45, 2.75) is 6.10 Å². The Morgan fingerprint density at radius 3 is 2.58 bits per heavy atom. The molecule has 0 saturated carbocycles. The molecule has 0 saturated heterocycles. The first-order valence-corrected chi connectivity index (χ1v) is 7.29. The van der Waals surface area contributed by atoms with Gasteiger partial charge in [0.1, 0.15) is 5.75 Å². The molecular weight excluding hydrogens is 310 g/mol. The summed E-state index contributed by atoms with van der Waals surface area (Å²) in [5.41, 5.74) is 1.29. The van der Waals surface area contributed by atoms with Crippen LogP contribution in [0.15, 0.2) is 48.5 Å². The zero-order valence-corrected chi connectivity index (χ0v) is 13.1. The second kappa shape index (κ2) is 8.03. The number of hydrogen-bond donors (Lipinski definition) is 4. The molecule has 0 aliphatic rings. The molecule has 6 heteroatoms. The fraction of sp³-hybridized carbons (Fsp3) is 0.167. The molecule has 2 aromatic carbocycles. The zero-order chi connectivity index (χ0) is 17.5. The number of benzene rings is 2. The largest absolute Gasteiger partial charge is 0.508 e. The quantitative estimate of drug-likeness (QED) is 0.607. The number of phenolic OH excluding ortho intramolecular Hbond substituents is 2. The maximum atomic E-state index is 11.8. The van der Waals surface area contributed by atoms with Crippen LogP contribution in [0.25, 0.3) is 6.08 Å².